The fraction of sp³-hybridized carbons (Fsp3) is 0. The van der Waals surface area contributed by atoms with E-state index in [0.717, 1.165) is 0 Å². The standard InChI is InChI=1S/2As.3Fe/q2*-3;3*+2. The van der Waals surface area contributed by atoms with Crippen molar-refractivity contribution in [3.05, 3.63) is 0 Å². The number of hydrogen-bond donors (Lipinski definition) is 0. The summed E-state index contributed by atoms with van der Waals surface area (Å²) in [6.45, 7) is 0. The Morgan fingerprint density at radius 2 is 0.400 bits per heavy atom. The van der Waals surface area contributed by atoms with Gasteiger partial charge in [-0.1, -0.05) is 0 Å². The van der Waals surface area contributed by atoms with Crippen LogP contribution in [0.2, 0.25) is 0 Å². The quantitative estimate of drug-likeness (QED) is 0.515. The molecular formula is As2Fe3. The van der Waals surface area contributed by atoms with Crippen molar-refractivity contribution < 1.29 is 51.2 Å². The molecule has 0 N–H and O–H groups in total. The molecule has 0 atom stereocenters. The Kier molecular flexibility index (Phi) is 287. The average molecular weight is 317 g/mol. The third kappa shape index (κ3) is 20.4. The zero-order valence-corrected chi connectivity index (χ0v) is 9.02. The van der Waals surface area contributed by atoms with E-state index in [-0.39, 0.29) is 87.1 Å². The Hall–Kier alpha value is 2.68. The van der Waals surface area contributed by atoms with Crippen LogP contribution in [0.5, 0.6) is 0 Å². The van der Waals surface area contributed by atoms with Crippen LogP contribution in [0.25, 0.3) is 0 Å². The molecule has 0 nitrogen and oxygen atoms in total. The van der Waals surface area contributed by atoms with E-state index in [1.807, 2.05) is 0 Å². The van der Waals surface area contributed by atoms with E-state index in [4.69, 9.17) is 0 Å². The molecule has 0 saturated carbocycles. The second-order valence-corrected chi connectivity index (χ2v) is 0. The molecule has 5 heavy (non-hydrogen) atoms. The molecule has 0 fully saturated rings. The predicted octanol–water partition coefficient (Wildman–Crippen LogP) is -0.769. The Balaban J connectivity index is 0. The van der Waals surface area contributed by atoms with Gasteiger partial charge in [0.15, 0.2) is 0 Å². The Morgan fingerprint density at radius 1 is 0.400 bits per heavy atom. The molecule has 0 aliphatic carbocycles. The largest absolute Gasteiger partial charge is 3.00 e. The van der Waals surface area contributed by atoms with Gasteiger partial charge in [0.25, 0.3) is 0 Å². The van der Waals surface area contributed by atoms with Crippen LogP contribution >= 0.6 is 0 Å². The zero-order valence-electron chi connectivity index (χ0n) is 1.96. The monoisotopic (exact) mass is 318 g/mol. The third-order valence-electron chi connectivity index (χ3n) is 0. The average Bonchev–Trinajstić information content (AvgIpc) is 0. The maximum absolute atomic E-state index is 0. The molecule has 0 radical (unpaired) electrons. The van der Waals surface area contributed by atoms with Crippen molar-refractivity contribution in [1.82, 2.24) is 0 Å². The first-order chi connectivity index (χ1) is 0. The molecule has 0 bridgehead atoms. The molecular weight excluding hydrogens is 317 g/mol. The van der Waals surface area contributed by atoms with Crippen molar-refractivity contribution in [3.63, 3.8) is 0 Å². The Labute approximate surface area is 86.0 Å². The molecule has 0 heterocycles. The summed E-state index contributed by atoms with van der Waals surface area (Å²) in [6, 6.07) is 0. The number of hydrogen-bond acceptors (Lipinski definition) is 0. The summed E-state index contributed by atoms with van der Waals surface area (Å²) in [5, 5.41) is 0. The van der Waals surface area contributed by atoms with E-state index in [9.17, 15) is 0 Å². The molecule has 0 saturated heterocycles. The Bertz CT molecular complexity index is 4.85. The normalized spacial score (nSPS) is 0. The first-order valence-corrected chi connectivity index (χ1v) is 0. The van der Waals surface area contributed by atoms with Gasteiger partial charge in [0.1, 0.15) is 0 Å². The minimum atomic E-state index is 0. The van der Waals surface area contributed by atoms with Gasteiger partial charge < -0.3 is 35.9 Å². The van der Waals surface area contributed by atoms with Crippen LogP contribution in [0.15, 0.2) is 0 Å². The smallest absolute Gasteiger partial charge is 2.00 e. The van der Waals surface area contributed by atoms with E-state index in [1.54, 1.807) is 0 Å². The molecule has 0 aliphatic heterocycles. The molecule has 0 aliphatic rings. The second-order valence-electron chi connectivity index (χ2n) is 0. The molecule has 0 aromatic rings. The van der Waals surface area contributed by atoms with E-state index in [0.29, 0.717) is 0 Å². The molecule has 5 heteroatoms. The third-order valence-corrected chi connectivity index (χ3v) is 0. The maximum atomic E-state index is 0. The Morgan fingerprint density at radius 3 is 0.400 bits per heavy atom. The molecule has 0 aromatic carbocycles. The summed E-state index contributed by atoms with van der Waals surface area (Å²) >= 11 is 0. The summed E-state index contributed by atoms with van der Waals surface area (Å²) in [4.78, 5) is 0. The number of rotatable bonds is 0. The molecule has 0 spiro atoms. The fourth-order valence-corrected chi connectivity index (χ4v) is 0. The van der Waals surface area contributed by atoms with Crippen molar-refractivity contribution in [1.29, 1.82) is 0 Å². The van der Waals surface area contributed by atoms with Gasteiger partial charge in [-0.15, -0.1) is 0 Å². The van der Waals surface area contributed by atoms with E-state index in [2.05, 4.69) is 0 Å². The summed E-state index contributed by atoms with van der Waals surface area (Å²) in [6.07, 6.45) is 0. The maximum Gasteiger partial charge on any atom is 2.00 e. The molecule has 0 amide bonds. The van der Waals surface area contributed by atoms with Crippen LogP contribution < -0.4 is 0 Å². The minimum absolute atomic E-state index is 0. The van der Waals surface area contributed by atoms with E-state index in [1.165, 1.54) is 0 Å². The topological polar surface area (TPSA) is 0 Å². The summed E-state index contributed by atoms with van der Waals surface area (Å²) < 4.78 is 0. The van der Waals surface area contributed by atoms with Gasteiger partial charge in [-0.3, -0.25) is 0 Å². The van der Waals surface area contributed by atoms with Crippen molar-refractivity contribution in [2.75, 3.05) is 0 Å². The first-order valence-electron chi connectivity index (χ1n) is 0. The molecule has 0 unspecified atom stereocenters. The van der Waals surface area contributed by atoms with Crippen LogP contribution in [0.3, 0.4) is 0 Å². The van der Waals surface area contributed by atoms with Gasteiger partial charge >= 0.3 is 51.2 Å². The molecule has 0 rings (SSSR count). The van der Waals surface area contributed by atoms with E-state index < -0.39 is 0 Å². The minimum Gasteiger partial charge on any atom is -3.00 e. The van der Waals surface area contributed by atoms with Crippen molar-refractivity contribution in [2.24, 2.45) is 0 Å². The van der Waals surface area contributed by atoms with E-state index >= 15 is 0 Å². The van der Waals surface area contributed by atoms with Crippen LogP contribution in [0.1, 0.15) is 0 Å². The molecule has 0 aromatic heterocycles. The molecule has 34 valence electrons. The van der Waals surface area contributed by atoms with Gasteiger partial charge in [0, 0.05) is 0 Å². The predicted molar refractivity (Wildman–Crippen MR) is 11.5 cm³/mol. The zero-order chi connectivity index (χ0) is 0. The van der Waals surface area contributed by atoms with Gasteiger partial charge in [-0.05, 0) is 0 Å². The van der Waals surface area contributed by atoms with Crippen LogP contribution in [0.4, 0.5) is 0 Å². The first kappa shape index (κ1) is 47.8. The second kappa shape index (κ2) is 30.0. The SMILES string of the molecule is [As-3].[As-3].[Fe+2].[Fe+2].[Fe+2]. The van der Waals surface area contributed by atoms with Crippen molar-refractivity contribution >= 4 is 35.9 Å². The van der Waals surface area contributed by atoms with Gasteiger partial charge in [-0.25, -0.2) is 0 Å². The van der Waals surface area contributed by atoms with Crippen molar-refractivity contribution in [2.45, 2.75) is 0 Å². The van der Waals surface area contributed by atoms with Gasteiger partial charge in [-0.2, -0.15) is 0 Å². The van der Waals surface area contributed by atoms with Crippen LogP contribution in [0, 0.1) is 0 Å². The van der Waals surface area contributed by atoms with Crippen LogP contribution in [-0.4, -0.2) is 35.9 Å². The van der Waals surface area contributed by atoms with Gasteiger partial charge in [0.05, 0.1) is 0 Å². The fourth-order valence-electron chi connectivity index (χ4n) is 0. The summed E-state index contributed by atoms with van der Waals surface area (Å²) in [7, 11) is 0. The van der Waals surface area contributed by atoms with Gasteiger partial charge in [0.2, 0.25) is 0 Å². The van der Waals surface area contributed by atoms with Crippen molar-refractivity contribution in [3.8, 4) is 0 Å². The van der Waals surface area contributed by atoms with Crippen LogP contribution in [-0.2, 0) is 51.2 Å². The summed E-state index contributed by atoms with van der Waals surface area (Å²) in [5.41, 5.74) is 0. The summed E-state index contributed by atoms with van der Waals surface area (Å²) in [5.74, 6) is 0.